The molecule has 0 saturated heterocycles. The van der Waals surface area contributed by atoms with Gasteiger partial charge in [-0.05, 0) is 55.5 Å². The van der Waals surface area contributed by atoms with Crippen molar-refractivity contribution in [2.45, 2.75) is 44.3 Å². The van der Waals surface area contributed by atoms with Crippen LogP contribution in [0.15, 0.2) is 76.4 Å². The number of pyridine rings is 1. The number of aromatic nitrogens is 3. The maximum absolute atomic E-state index is 14.1. The molecule has 1 aliphatic rings. The van der Waals surface area contributed by atoms with Gasteiger partial charge < -0.3 is 10.6 Å². The highest BCUT2D eigenvalue weighted by atomic mass is 35.5. The van der Waals surface area contributed by atoms with Gasteiger partial charge in [0.15, 0.2) is 5.65 Å². The molecule has 4 aromatic rings. The monoisotopic (exact) mass is 537 g/mol. The van der Waals surface area contributed by atoms with Crippen molar-refractivity contribution in [3.05, 3.63) is 105 Å². The van der Waals surface area contributed by atoms with Crippen molar-refractivity contribution in [2.75, 3.05) is 7.05 Å². The number of carbonyl (C=O) groups excluding carboxylic acids is 1. The van der Waals surface area contributed by atoms with Crippen LogP contribution in [0.5, 0.6) is 0 Å². The van der Waals surface area contributed by atoms with Crippen LogP contribution in [0.25, 0.3) is 16.7 Å². The van der Waals surface area contributed by atoms with Crippen molar-refractivity contribution >= 4 is 29.3 Å². The molecule has 1 saturated carbocycles. The van der Waals surface area contributed by atoms with Crippen LogP contribution in [0, 0.1) is 5.82 Å². The Labute approximate surface area is 224 Å². The molecule has 0 bridgehead atoms. The third-order valence-electron chi connectivity index (χ3n) is 6.96. The first-order valence-electron chi connectivity index (χ1n) is 12.3. The van der Waals surface area contributed by atoms with Gasteiger partial charge in [-0.3, -0.25) is 14.2 Å². The van der Waals surface area contributed by atoms with Crippen molar-refractivity contribution in [2.24, 2.45) is 5.73 Å². The van der Waals surface area contributed by atoms with E-state index in [4.69, 9.17) is 5.73 Å². The zero-order valence-corrected chi connectivity index (χ0v) is 21.7. The van der Waals surface area contributed by atoms with E-state index in [-0.39, 0.29) is 41.4 Å². The molecule has 0 aliphatic heterocycles. The maximum atomic E-state index is 14.1. The lowest BCUT2D eigenvalue weighted by Gasteiger charge is -2.28. The average molecular weight is 538 g/mol. The fourth-order valence-corrected chi connectivity index (χ4v) is 5.02. The minimum absolute atomic E-state index is 0. The minimum Gasteiger partial charge on any atom is -0.337 e. The highest BCUT2D eigenvalue weighted by Crippen LogP contribution is 2.26. The van der Waals surface area contributed by atoms with Crippen LogP contribution in [0.2, 0.25) is 0 Å². The molecule has 5 rings (SSSR count). The fourth-order valence-electron chi connectivity index (χ4n) is 5.02. The number of rotatable bonds is 5. The van der Waals surface area contributed by atoms with Gasteiger partial charge >= 0.3 is 5.69 Å². The van der Waals surface area contributed by atoms with Crippen LogP contribution >= 0.6 is 12.4 Å². The van der Waals surface area contributed by atoms with Crippen molar-refractivity contribution in [1.82, 2.24) is 19.0 Å². The number of carbonyl (C=O) groups is 1. The van der Waals surface area contributed by atoms with E-state index in [2.05, 4.69) is 4.98 Å². The Bertz CT molecular complexity index is 1580. The lowest BCUT2D eigenvalue weighted by atomic mass is 9.91. The second kappa shape index (κ2) is 11.3. The Kier molecular flexibility index (Phi) is 8.08. The largest absolute Gasteiger partial charge is 0.337 e. The van der Waals surface area contributed by atoms with E-state index in [9.17, 15) is 18.8 Å². The highest BCUT2D eigenvalue weighted by Gasteiger charge is 2.26. The maximum Gasteiger partial charge on any atom is 0.337 e. The van der Waals surface area contributed by atoms with Gasteiger partial charge in [0.05, 0.1) is 17.3 Å². The zero-order valence-electron chi connectivity index (χ0n) is 20.9. The highest BCUT2D eigenvalue weighted by molar-refractivity contribution is 5.94. The molecule has 8 nitrogen and oxygen atoms in total. The Hall–Kier alpha value is -3.82. The smallest absolute Gasteiger partial charge is 0.337 e. The SMILES string of the molecule is CN(Cc1ccccc1)C(=O)c1cccc(-n2c(=O)n(C3CCC(N)CC3)c(=O)c3cc(F)cnc32)c1.Cl. The average Bonchev–Trinajstić information content (AvgIpc) is 2.90. The van der Waals surface area contributed by atoms with Crippen molar-refractivity contribution in [3.8, 4) is 5.69 Å². The molecule has 1 aliphatic carbocycles. The van der Waals surface area contributed by atoms with Crippen molar-refractivity contribution in [1.29, 1.82) is 0 Å². The van der Waals surface area contributed by atoms with Crippen LogP contribution in [0.3, 0.4) is 0 Å². The van der Waals surface area contributed by atoms with Crippen LogP contribution in [-0.4, -0.2) is 38.0 Å². The summed E-state index contributed by atoms with van der Waals surface area (Å²) in [4.78, 5) is 46.1. The molecule has 198 valence electrons. The molecule has 2 aromatic carbocycles. The molecule has 1 fully saturated rings. The zero-order chi connectivity index (χ0) is 26.1. The molecule has 10 heteroatoms. The lowest BCUT2D eigenvalue weighted by Crippen LogP contribution is -2.44. The number of hydrogen-bond acceptors (Lipinski definition) is 5. The van der Waals surface area contributed by atoms with E-state index in [1.165, 1.54) is 9.13 Å². The molecule has 2 N–H and O–H groups in total. The predicted molar refractivity (Wildman–Crippen MR) is 147 cm³/mol. The number of benzene rings is 2. The molecule has 2 aromatic heterocycles. The Morgan fingerprint density at radius 1 is 1.05 bits per heavy atom. The topological polar surface area (TPSA) is 103 Å². The predicted octanol–water partition coefficient (Wildman–Crippen LogP) is 3.82. The third kappa shape index (κ3) is 5.25. The van der Waals surface area contributed by atoms with Crippen LogP contribution < -0.4 is 17.0 Å². The van der Waals surface area contributed by atoms with Gasteiger partial charge in [0.25, 0.3) is 11.5 Å². The summed E-state index contributed by atoms with van der Waals surface area (Å²) in [5, 5.41) is 0.00685. The number of hydrogen-bond donors (Lipinski definition) is 1. The van der Waals surface area contributed by atoms with Gasteiger partial charge in [-0.15, -0.1) is 12.4 Å². The van der Waals surface area contributed by atoms with E-state index < -0.39 is 17.1 Å². The normalized spacial score (nSPS) is 17.1. The molecule has 1 amide bonds. The van der Waals surface area contributed by atoms with Gasteiger partial charge in [-0.1, -0.05) is 36.4 Å². The first-order chi connectivity index (χ1) is 17.8. The quantitative estimate of drug-likeness (QED) is 0.417. The number of halogens is 2. The standard InChI is InChI=1S/C28H28FN5O3.ClH/c1-32(17-18-6-3-2-4-7-18)26(35)19-8-5-9-23(14-19)33-25-24(15-20(29)16-31-25)27(36)34(28(33)37)22-12-10-21(30)11-13-22;/h2-9,14-16,21-22H,10-13,17,30H2,1H3;1H. The number of nitrogens with two attached hydrogens (primary N) is 1. The summed E-state index contributed by atoms with van der Waals surface area (Å²) in [5.74, 6) is -0.893. The van der Waals surface area contributed by atoms with Gasteiger partial charge in [-0.25, -0.2) is 18.7 Å². The molecule has 0 unspecified atom stereocenters. The van der Waals surface area contributed by atoms with E-state index in [0.717, 1.165) is 17.8 Å². The summed E-state index contributed by atoms with van der Waals surface area (Å²) in [6.45, 7) is 0.419. The summed E-state index contributed by atoms with van der Waals surface area (Å²) in [6, 6.07) is 17.0. The number of amides is 1. The van der Waals surface area contributed by atoms with E-state index in [0.29, 0.717) is 43.5 Å². The van der Waals surface area contributed by atoms with E-state index in [1.807, 2.05) is 30.3 Å². The van der Waals surface area contributed by atoms with Crippen LogP contribution in [0.1, 0.15) is 47.6 Å². The Morgan fingerprint density at radius 2 is 1.76 bits per heavy atom. The van der Waals surface area contributed by atoms with Gasteiger partial charge in [0, 0.05) is 31.2 Å². The van der Waals surface area contributed by atoms with E-state index >= 15 is 0 Å². The number of nitrogens with zero attached hydrogens (tertiary/aromatic N) is 4. The fraction of sp³-hybridized carbons (Fsp3) is 0.286. The first kappa shape index (κ1) is 27.2. The Morgan fingerprint density at radius 3 is 2.47 bits per heavy atom. The van der Waals surface area contributed by atoms with Crippen LogP contribution in [-0.2, 0) is 6.54 Å². The minimum atomic E-state index is -0.668. The van der Waals surface area contributed by atoms with Crippen molar-refractivity contribution in [3.63, 3.8) is 0 Å². The third-order valence-corrected chi connectivity index (χ3v) is 6.96. The number of fused-ring (bicyclic) bond motifs is 1. The van der Waals surface area contributed by atoms with Gasteiger partial charge in [-0.2, -0.15) is 0 Å². The van der Waals surface area contributed by atoms with Crippen LogP contribution in [0.4, 0.5) is 4.39 Å². The molecular formula is C28H29ClFN5O3. The molecule has 0 atom stereocenters. The Balaban J connectivity index is 0.00000336. The lowest BCUT2D eigenvalue weighted by molar-refractivity contribution is 0.0785. The summed E-state index contributed by atoms with van der Waals surface area (Å²) < 4.78 is 16.6. The molecular weight excluding hydrogens is 509 g/mol. The van der Waals surface area contributed by atoms with Crippen molar-refractivity contribution < 1.29 is 9.18 Å². The summed E-state index contributed by atoms with van der Waals surface area (Å²) in [7, 11) is 1.71. The molecule has 2 heterocycles. The molecule has 0 spiro atoms. The molecule has 38 heavy (non-hydrogen) atoms. The van der Waals surface area contributed by atoms with Gasteiger partial charge in [0.2, 0.25) is 0 Å². The summed E-state index contributed by atoms with van der Waals surface area (Å²) in [5.41, 5.74) is 6.67. The van der Waals surface area contributed by atoms with Gasteiger partial charge in [0.1, 0.15) is 5.82 Å². The van der Waals surface area contributed by atoms with E-state index in [1.54, 1.807) is 36.2 Å². The summed E-state index contributed by atoms with van der Waals surface area (Å²) in [6.07, 6.45) is 3.51. The molecule has 0 radical (unpaired) electrons. The second-order valence-electron chi connectivity index (χ2n) is 9.58. The second-order valence-corrected chi connectivity index (χ2v) is 9.58. The first-order valence-corrected chi connectivity index (χ1v) is 12.3. The summed E-state index contributed by atoms with van der Waals surface area (Å²) >= 11 is 0.